The molecule has 2 rings (SSSR count). The molecule has 4 heteroatoms. The molecule has 1 aliphatic rings. The predicted molar refractivity (Wildman–Crippen MR) is 101 cm³/mol. The first-order valence-corrected chi connectivity index (χ1v) is 8.50. The molecule has 134 valence electrons. The number of rotatable bonds is 2. The zero-order chi connectivity index (χ0) is 18.4. The number of carbonyl (C=O) groups is 1. The lowest BCUT2D eigenvalue weighted by Crippen LogP contribution is -2.23. The van der Waals surface area contributed by atoms with Crippen molar-refractivity contribution in [2.45, 2.75) is 61.6 Å². The van der Waals surface area contributed by atoms with Crippen molar-refractivity contribution in [3.05, 3.63) is 46.8 Å². The van der Waals surface area contributed by atoms with Crippen LogP contribution in [-0.4, -0.2) is 13.1 Å². The molecule has 0 saturated carbocycles. The molecule has 0 saturated heterocycles. The van der Waals surface area contributed by atoms with Crippen LogP contribution in [0.1, 0.15) is 78.9 Å². The van der Waals surface area contributed by atoms with Crippen LogP contribution in [0, 0.1) is 0 Å². The second kappa shape index (κ2) is 13.7. The van der Waals surface area contributed by atoms with Gasteiger partial charge in [0.05, 0.1) is 12.7 Å². The maximum Gasteiger partial charge on any atom is 0.337 e. The minimum atomic E-state index is -0.314. The van der Waals surface area contributed by atoms with Crippen LogP contribution in [0.5, 0.6) is 0 Å². The van der Waals surface area contributed by atoms with Gasteiger partial charge in [-0.15, -0.1) is 0 Å². The fraction of sp³-hybridized carbons (Fsp3) is 0.526. The van der Waals surface area contributed by atoms with Crippen molar-refractivity contribution in [2.75, 3.05) is 7.11 Å². The van der Waals surface area contributed by atoms with E-state index in [0.717, 1.165) is 17.0 Å². The SMILES string of the molecule is CC.CC.CC.COC(=O)c1cccc(C2NC(C)=C(C)N2)c1.[HH]. The molecule has 0 amide bonds. The summed E-state index contributed by atoms with van der Waals surface area (Å²) in [5, 5.41) is 6.64. The highest BCUT2D eigenvalue weighted by atomic mass is 16.5. The Balaban J connectivity index is -0.000000569. The van der Waals surface area contributed by atoms with Gasteiger partial charge >= 0.3 is 5.97 Å². The Morgan fingerprint density at radius 2 is 1.48 bits per heavy atom. The van der Waals surface area contributed by atoms with E-state index < -0.39 is 0 Å². The Bertz CT molecular complexity index is 474. The van der Waals surface area contributed by atoms with Gasteiger partial charge in [-0.05, 0) is 31.5 Å². The average Bonchev–Trinajstić information content (AvgIpc) is 2.98. The van der Waals surface area contributed by atoms with Gasteiger partial charge in [0.2, 0.25) is 0 Å². The van der Waals surface area contributed by atoms with E-state index in [1.54, 1.807) is 6.07 Å². The van der Waals surface area contributed by atoms with Gasteiger partial charge in [0.1, 0.15) is 6.17 Å². The van der Waals surface area contributed by atoms with E-state index in [2.05, 4.69) is 10.6 Å². The quantitative estimate of drug-likeness (QED) is 0.730. The molecule has 2 N–H and O–H groups in total. The molecule has 0 fully saturated rings. The van der Waals surface area contributed by atoms with Crippen LogP contribution in [0.25, 0.3) is 0 Å². The smallest absolute Gasteiger partial charge is 0.337 e. The zero-order valence-corrected chi connectivity index (χ0v) is 16.2. The van der Waals surface area contributed by atoms with Crippen LogP contribution in [-0.2, 0) is 4.74 Å². The second-order valence-corrected chi connectivity index (χ2v) is 4.09. The molecule has 0 aliphatic carbocycles. The topological polar surface area (TPSA) is 50.4 Å². The summed E-state index contributed by atoms with van der Waals surface area (Å²) in [6.07, 6.45) is 0.0274. The fourth-order valence-corrected chi connectivity index (χ4v) is 1.82. The van der Waals surface area contributed by atoms with Gasteiger partial charge in [-0.1, -0.05) is 53.7 Å². The van der Waals surface area contributed by atoms with E-state index in [1.165, 1.54) is 7.11 Å². The highest BCUT2D eigenvalue weighted by Gasteiger charge is 2.19. The van der Waals surface area contributed by atoms with E-state index in [4.69, 9.17) is 4.74 Å². The monoisotopic (exact) mass is 324 g/mol. The first-order chi connectivity index (χ1) is 11.1. The van der Waals surface area contributed by atoms with E-state index in [9.17, 15) is 4.79 Å². The summed E-state index contributed by atoms with van der Waals surface area (Å²) in [5.74, 6) is -0.314. The molecule has 1 aromatic rings. The van der Waals surface area contributed by atoms with Crippen LogP contribution < -0.4 is 10.6 Å². The predicted octanol–water partition coefficient (Wildman–Crippen LogP) is 5.24. The summed E-state index contributed by atoms with van der Waals surface area (Å²) in [4.78, 5) is 11.4. The van der Waals surface area contributed by atoms with Crippen molar-refractivity contribution in [1.29, 1.82) is 0 Å². The molecule has 0 bridgehead atoms. The first kappa shape index (κ1) is 23.3. The van der Waals surface area contributed by atoms with Crippen molar-refractivity contribution in [1.82, 2.24) is 10.6 Å². The lowest BCUT2D eigenvalue weighted by molar-refractivity contribution is 0.0600. The summed E-state index contributed by atoms with van der Waals surface area (Å²) < 4.78 is 4.71. The van der Waals surface area contributed by atoms with Crippen LogP contribution >= 0.6 is 0 Å². The Morgan fingerprint density at radius 3 is 1.91 bits per heavy atom. The highest BCUT2D eigenvalue weighted by molar-refractivity contribution is 5.89. The van der Waals surface area contributed by atoms with Crippen molar-refractivity contribution in [2.24, 2.45) is 0 Å². The van der Waals surface area contributed by atoms with Crippen LogP contribution in [0.3, 0.4) is 0 Å². The van der Waals surface area contributed by atoms with Gasteiger partial charge < -0.3 is 15.4 Å². The molecule has 4 nitrogen and oxygen atoms in total. The third-order valence-electron chi connectivity index (χ3n) is 2.93. The third kappa shape index (κ3) is 7.22. The normalized spacial score (nSPS) is 12.2. The van der Waals surface area contributed by atoms with Crippen LogP contribution in [0.4, 0.5) is 0 Å². The van der Waals surface area contributed by atoms with Crippen molar-refractivity contribution in [3.63, 3.8) is 0 Å². The van der Waals surface area contributed by atoms with E-state index in [-0.39, 0.29) is 13.6 Å². The molecule has 0 unspecified atom stereocenters. The molecule has 23 heavy (non-hydrogen) atoms. The van der Waals surface area contributed by atoms with E-state index >= 15 is 0 Å². The van der Waals surface area contributed by atoms with E-state index in [0.29, 0.717) is 5.56 Å². The number of esters is 1. The fourth-order valence-electron chi connectivity index (χ4n) is 1.82. The Labute approximate surface area is 143 Å². The van der Waals surface area contributed by atoms with Gasteiger partial charge in [-0.25, -0.2) is 4.79 Å². The number of methoxy groups -OCH3 is 1. The van der Waals surface area contributed by atoms with Crippen molar-refractivity contribution < 1.29 is 11.0 Å². The Hall–Kier alpha value is -1.97. The maximum absolute atomic E-state index is 11.4. The van der Waals surface area contributed by atoms with Crippen LogP contribution in [0.15, 0.2) is 35.7 Å². The standard InChI is InChI=1S/C13H16N2O2.3C2H6.H2/c1-8-9(2)15-12(14-8)10-5-4-6-11(7-10)13(16)17-3;3*1-2;/h4-7,12,14-15H,1-3H3;3*1-2H3;1H. The number of benzene rings is 1. The Morgan fingerprint density at radius 1 is 1.00 bits per heavy atom. The average molecular weight is 325 g/mol. The van der Waals surface area contributed by atoms with Crippen molar-refractivity contribution >= 4 is 5.97 Å². The molecule has 1 heterocycles. The molecule has 1 aliphatic heterocycles. The molecule has 1 aromatic carbocycles. The highest BCUT2D eigenvalue weighted by Crippen LogP contribution is 2.20. The lowest BCUT2D eigenvalue weighted by Gasteiger charge is -2.14. The van der Waals surface area contributed by atoms with Gasteiger partial charge in [-0.3, -0.25) is 0 Å². The van der Waals surface area contributed by atoms with E-state index in [1.807, 2.05) is 73.6 Å². The van der Waals surface area contributed by atoms with Crippen LogP contribution in [0.2, 0.25) is 0 Å². The van der Waals surface area contributed by atoms with Gasteiger partial charge in [-0.2, -0.15) is 0 Å². The number of allylic oxidation sites excluding steroid dienone is 2. The summed E-state index contributed by atoms with van der Waals surface area (Å²) in [6, 6.07) is 7.41. The van der Waals surface area contributed by atoms with Crippen molar-refractivity contribution in [3.8, 4) is 0 Å². The largest absolute Gasteiger partial charge is 0.465 e. The number of ether oxygens (including phenoxy) is 1. The van der Waals surface area contributed by atoms with Gasteiger partial charge in [0.15, 0.2) is 0 Å². The lowest BCUT2D eigenvalue weighted by atomic mass is 10.1. The maximum atomic E-state index is 11.4. The first-order valence-electron chi connectivity index (χ1n) is 8.50. The summed E-state index contributed by atoms with van der Waals surface area (Å²) in [7, 11) is 1.39. The van der Waals surface area contributed by atoms with Gasteiger partial charge in [0, 0.05) is 12.8 Å². The molecular weight excluding hydrogens is 288 g/mol. The molecule has 0 radical (unpaired) electrons. The minimum Gasteiger partial charge on any atom is -0.465 e. The summed E-state index contributed by atoms with van der Waals surface area (Å²) in [5.41, 5.74) is 3.83. The minimum absolute atomic E-state index is 0. The molecule has 0 spiro atoms. The summed E-state index contributed by atoms with van der Waals surface area (Å²) in [6.45, 7) is 16.0. The summed E-state index contributed by atoms with van der Waals surface area (Å²) >= 11 is 0. The number of carbonyl (C=O) groups excluding carboxylic acids is 1. The Kier molecular flexibility index (Phi) is 13.9. The molecule has 0 atom stereocenters. The van der Waals surface area contributed by atoms with Gasteiger partial charge in [0.25, 0.3) is 0 Å². The third-order valence-corrected chi connectivity index (χ3v) is 2.93. The zero-order valence-electron chi connectivity index (χ0n) is 16.2. The second-order valence-electron chi connectivity index (χ2n) is 4.09. The number of hydrogen-bond donors (Lipinski definition) is 2. The molecular formula is C19H36N2O2. The molecule has 0 aromatic heterocycles. The number of nitrogens with one attached hydrogen (secondary N) is 2. The number of hydrogen-bond acceptors (Lipinski definition) is 4.